The molecule has 1 aliphatic carbocycles. The summed E-state index contributed by atoms with van der Waals surface area (Å²) in [5.74, 6) is -2.66. The van der Waals surface area contributed by atoms with Crippen LogP contribution in [0, 0.1) is 17.8 Å². The molecule has 0 bridgehead atoms. The fourth-order valence-electron chi connectivity index (χ4n) is 2.79. The van der Waals surface area contributed by atoms with Gasteiger partial charge in [-0.3, -0.25) is 0 Å². The third kappa shape index (κ3) is 1.89. The summed E-state index contributed by atoms with van der Waals surface area (Å²) in [6.07, 6.45) is 2.52. The van der Waals surface area contributed by atoms with E-state index in [1.165, 1.54) is 0 Å². The van der Waals surface area contributed by atoms with E-state index in [0.29, 0.717) is 6.42 Å². The Labute approximate surface area is 90.0 Å². The molecule has 0 aromatic carbocycles. The molecule has 2 fully saturated rings. The predicted molar refractivity (Wildman–Crippen MR) is 55.1 cm³/mol. The lowest BCUT2D eigenvalue weighted by molar-refractivity contribution is 0.0694. The maximum absolute atomic E-state index is 13.2. The highest BCUT2D eigenvalue weighted by Gasteiger charge is 2.68. The number of alkyl halides is 2. The molecular weight excluding hydrogens is 208 g/mol. The van der Waals surface area contributed by atoms with Gasteiger partial charge < -0.3 is 5.32 Å². The topological polar surface area (TPSA) is 12.0 Å². The maximum Gasteiger partial charge on any atom is 0.254 e. The minimum Gasteiger partial charge on any atom is -0.317 e. The highest BCUT2D eigenvalue weighted by atomic mass is 35.5. The van der Waals surface area contributed by atoms with Crippen LogP contribution in [0.3, 0.4) is 0 Å². The first-order valence-corrected chi connectivity index (χ1v) is 5.26. The van der Waals surface area contributed by atoms with Crippen LogP contribution >= 0.6 is 12.4 Å². The Bertz CT molecular complexity index is 193. The Morgan fingerprint density at radius 3 is 2.29 bits per heavy atom. The molecule has 1 aliphatic heterocycles. The van der Waals surface area contributed by atoms with Gasteiger partial charge in [0.15, 0.2) is 0 Å². The van der Waals surface area contributed by atoms with Crippen LogP contribution in [0.4, 0.5) is 8.78 Å². The Balaban J connectivity index is 0.000000980. The minimum atomic E-state index is -2.34. The smallest absolute Gasteiger partial charge is 0.254 e. The number of rotatable bonds is 2. The van der Waals surface area contributed by atoms with Crippen molar-refractivity contribution in [3.05, 3.63) is 0 Å². The summed E-state index contributed by atoms with van der Waals surface area (Å²) >= 11 is 0. The third-order valence-corrected chi connectivity index (χ3v) is 3.59. The van der Waals surface area contributed by atoms with Crippen LogP contribution in [0.1, 0.15) is 26.2 Å². The molecule has 2 atom stereocenters. The average molecular weight is 226 g/mol. The van der Waals surface area contributed by atoms with Gasteiger partial charge in [-0.2, -0.15) is 0 Å². The van der Waals surface area contributed by atoms with E-state index in [9.17, 15) is 8.78 Å². The zero-order valence-electron chi connectivity index (χ0n) is 8.43. The van der Waals surface area contributed by atoms with Crippen molar-refractivity contribution < 1.29 is 8.78 Å². The van der Waals surface area contributed by atoms with Crippen molar-refractivity contribution >= 4 is 12.4 Å². The summed E-state index contributed by atoms with van der Waals surface area (Å²) in [5, 5.41) is 3.21. The van der Waals surface area contributed by atoms with Gasteiger partial charge in [0, 0.05) is 11.8 Å². The quantitative estimate of drug-likeness (QED) is 0.762. The monoisotopic (exact) mass is 225 g/mol. The van der Waals surface area contributed by atoms with Crippen molar-refractivity contribution in [2.75, 3.05) is 13.1 Å². The van der Waals surface area contributed by atoms with E-state index < -0.39 is 5.92 Å². The molecule has 84 valence electrons. The molecule has 2 aliphatic rings. The van der Waals surface area contributed by atoms with Crippen LogP contribution < -0.4 is 5.32 Å². The van der Waals surface area contributed by atoms with Crippen molar-refractivity contribution in [2.45, 2.75) is 32.1 Å². The molecule has 1 heterocycles. The number of nitrogens with one attached hydrogen (secondary N) is 1. The van der Waals surface area contributed by atoms with Gasteiger partial charge >= 0.3 is 0 Å². The van der Waals surface area contributed by atoms with Gasteiger partial charge in [0.1, 0.15) is 0 Å². The average Bonchev–Trinajstić information content (AvgIpc) is 2.69. The molecule has 0 amide bonds. The molecule has 4 heteroatoms. The Kier molecular flexibility index (Phi) is 3.75. The van der Waals surface area contributed by atoms with E-state index in [1.807, 2.05) is 6.92 Å². The standard InChI is InChI=1S/C10H17F2N.ClH/c1-2-8-9(10(8,11)12)7-3-5-13-6-4-7;/h7-9,13H,2-6H2,1H3;1H. The fraction of sp³-hybridized carbons (Fsp3) is 1.00. The van der Waals surface area contributed by atoms with Crippen LogP contribution in [0.5, 0.6) is 0 Å². The van der Waals surface area contributed by atoms with E-state index in [4.69, 9.17) is 0 Å². The largest absolute Gasteiger partial charge is 0.317 e. The van der Waals surface area contributed by atoms with Gasteiger partial charge in [-0.1, -0.05) is 6.92 Å². The molecule has 2 rings (SSSR count). The molecule has 1 saturated heterocycles. The van der Waals surface area contributed by atoms with Gasteiger partial charge in [0.2, 0.25) is 0 Å². The normalized spacial score (nSPS) is 36.2. The van der Waals surface area contributed by atoms with Crippen molar-refractivity contribution in [2.24, 2.45) is 17.8 Å². The second-order valence-electron chi connectivity index (χ2n) is 4.30. The zero-order valence-corrected chi connectivity index (χ0v) is 9.25. The first-order valence-electron chi connectivity index (χ1n) is 5.26. The lowest BCUT2D eigenvalue weighted by Crippen LogP contribution is -2.29. The van der Waals surface area contributed by atoms with Crippen LogP contribution in [0.15, 0.2) is 0 Å². The lowest BCUT2D eigenvalue weighted by Gasteiger charge is -2.22. The van der Waals surface area contributed by atoms with Gasteiger partial charge in [-0.25, -0.2) is 8.78 Å². The van der Waals surface area contributed by atoms with E-state index >= 15 is 0 Å². The fourth-order valence-corrected chi connectivity index (χ4v) is 2.79. The van der Waals surface area contributed by atoms with Crippen molar-refractivity contribution in [1.82, 2.24) is 5.32 Å². The summed E-state index contributed by atoms with van der Waals surface area (Å²) in [6, 6.07) is 0. The van der Waals surface area contributed by atoms with E-state index in [1.54, 1.807) is 0 Å². The second-order valence-corrected chi connectivity index (χ2v) is 4.30. The summed E-state index contributed by atoms with van der Waals surface area (Å²) in [7, 11) is 0. The molecule has 0 radical (unpaired) electrons. The molecule has 0 spiro atoms. The molecular formula is C10H18ClF2N. The molecule has 14 heavy (non-hydrogen) atoms. The second kappa shape index (κ2) is 4.31. The maximum atomic E-state index is 13.2. The van der Waals surface area contributed by atoms with E-state index in [-0.39, 0.29) is 30.2 Å². The van der Waals surface area contributed by atoms with Crippen LogP contribution in [0.25, 0.3) is 0 Å². The van der Waals surface area contributed by atoms with Crippen molar-refractivity contribution in [1.29, 1.82) is 0 Å². The van der Waals surface area contributed by atoms with Gasteiger partial charge in [0.05, 0.1) is 0 Å². The summed E-state index contributed by atoms with van der Waals surface area (Å²) in [6.45, 7) is 3.72. The molecule has 2 unspecified atom stereocenters. The van der Waals surface area contributed by atoms with E-state index in [2.05, 4.69) is 5.32 Å². The van der Waals surface area contributed by atoms with Gasteiger partial charge in [-0.15, -0.1) is 12.4 Å². The highest BCUT2D eigenvalue weighted by molar-refractivity contribution is 5.85. The lowest BCUT2D eigenvalue weighted by atomic mass is 9.91. The SMILES string of the molecule is CCC1C(C2CCNCC2)C1(F)F.Cl. The molecule has 1 saturated carbocycles. The highest BCUT2D eigenvalue weighted by Crippen LogP contribution is 2.61. The Morgan fingerprint density at radius 1 is 1.29 bits per heavy atom. The van der Waals surface area contributed by atoms with Crippen molar-refractivity contribution in [3.63, 3.8) is 0 Å². The molecule has 0 aromatic heterocycles. The molecule has 1 nitrogen and oxygen atoms in total. The number of piperidine rings is 1. The predicted octanol–water partition coefficient (Wildman–Crippen LogP) is 2.70. The third-order valence-electron chi connectivity index (χ3n) is 3.59. The Morgan fingerprint density at radius 2 is 1.86 bits per heavy atom. The number of hydrogen-bond donors (Lipinski definition) is 1. The summed E-state index contributed by atoms with van der Waals surface area (Å²) in [5.41, 5.74) is 0. The zero-order chi connectivity index (χ0) is 9.47. The number of hydrogen-bond acceptors (Lipinski definition) is 1. The van der Waals surface area contributed by atoms with Gasteiger partial charge in [-0.05, 0) is 38.3 Å². The minimum absolute atomic E-state index is 0. The van der Waals surface area contributed by atoms with Crippen LogP contribution in [-0.2, 0) is 0 Å². The van der Waals surface area contributed by atoms with Crippen LogP contribution in [0.2, 0.25) is 0 Å². The van der Waals surface area contributed by atoms with Crippen LogP contribution in [-0.4, -0.2) is 19.0 Å². The molecule has 1 N–H and O–H groups in total. The first-order chi connectivity index (χ1) is 6.18. The first kappa shape index (κ1) is 12.2. The number of halogens is 3. The van der Waals surface area contributed by atoms with E-state index in [0.717, 1.165) is 25.9 Å². The summed E-state index contributed by atoms with van der Waals surface area (Å²) < 4.78 is 26.5. The molecule has 0 aromatic rings. The summed E-state index contributed by atoms with van der Waals surface area (Å²) in [4.78, 5) is 0. The Hall–Kier alpha value is 0.110. The van der Waals surface area contributed by atoms with Gasteiger partial charge in [0.25, 0.3) is 5.92 Å². The van der Waals surface area contributed by atoms with Crippen molar-refractivity contribution in [3.8, 4) is 0 Å².